The lowest BCUT2D eigenvalue weighted by atomic mass is 10.1. The second-order valence-electron chi connectivity index (χ2n) is 6.27. The molecule has 0 radical (unpaired) electrons. The van der Waals surface area contributed by atoms with Crippen molar-refractivity contribution in [1.29, 1.82) is 0 Å². The zero-order valence-corrected chi connectivity index (χ0v) is 15.7. The lowest BCUT2D eigenvalue weighted by Crippen LogP contribution is -2.14. The highest BCUT2D eigenvalue weighted by molar-refractivity contribution is 6.31. The highest BCUT2D eigenvalue weighted by Crippen LogP contribution is 2.23. The van der Waals surface area contributed by atoms with Crippen LogP contribution in [0, 0.1) is 5.82 Å². The van der Waals surface area contributed by atoms with Crippen molar-refractivity contribution in [2.75, 3.05) is 0 Å². The summed E-state index contributed by atoms with van der Waals surface area (Å²) in [5.41, 5.74) is 2.84. The molecule has 0 amide bonds. The Bertz CT molecular complexity index is 1030. The Morgan fingerprint density at radius 3 is 2.57 bits per heavy atom. The molecular weight excluding hydrogens is 379 g/mol. The van der Waals surface area contributed by atoms with Gasteiger partial charge in [-0.2, -0.15) is 15.0 Å². The lowest BCUT2D eigenvalue weighted by Gasteiger charge is -2.04. The fraction of sp³-hybridized carbons (Fsp3) is 0.143. The van der Waals surface area contributed by atoms with Gasteiger partial charge in [0.15, 0.2) is 0 Å². The highest BCUT2D eigenvalue weighted by Gasteiger charge is 2.15. The van der Waals surface area contributed by atoms with Crippen molar-refractivity contribution in [3.63, 3.8) is 0 Å². The molecule has 2 aromatic heterocycles. The molecule has 0 bridgehead atoms. The molecule has 7 heteroatoms. The van der Waals surface area contributed by atoms with E-state index < -0.39 is 0 Å². The third-order valence-electron chi connectivity index (χ3n) is 4.31. The van der Waals surface area contributed by atoms with E-state index >= 15 is 0 Å². The maximum Gasteiger partial charge on any atom is 0.129 e. The largest absolute Gasteiger partial charge is 0.468 e. The van der Waals surface area contributed by atoms with Gasteiger partial charge in [-0.1, -0.05) is 48.0 Å². The van der Waals surface area contributed by atoms with Gasteiger partial charge in [0.05, 0.1) is 19.4 Å². The molecule has 0 spiro atoms. The van der Waals surface area contributed by atoms with Crippen LogP contribution in [0.2, 0.25) is 5.02 Å². The lowest BCUT2D eigenvalue weighted by molar-refractivity contribution is 0.480. The SMILES string of the molecule is Fc1cccc(Cl)c1Cn1nc(CNCc2ccco2)c(-c2ccccc2)n1. The van der Waals surface area contributed by atoms with Crippen molar-refractivity contribution >= 4 is 11.6 Å². The Balaban J connectivity index is 1.60. The van der Waals surface area contributed by atoms with E-state index in [2.05, 4.69) is 15.5 Å². The molecule has 0 unspecified atom stereocenters. The highest BCUT2D eigenvalue weighted by atomic mass is 35.5. The number of hydrogen-bond donors (Lipinski definition) is 1. The molecular formula is C21H18ClFN4O. The van der Waals surface area contributed by atoms with Crippen LogP contribution in [-0.2, 0) is 19.6 Å². The van der Waals surface area contributed by atoms with Crippen molar-refractivity contribution in [2.24, 2.45) is 0 Å². The van der Waals surface area contributed by atoms with Crippen LogP contribution in [0.1, 0.15) is 17.0 Å². The van der Waals surface area contributed by atoms with Crippen LogP contribution in [0.3, 0.4) is 0 Å². The van der Waals surface area contributed by atoms with Gasteiger partial charge in [-0.25, -0.2) is 4.39 Å². The summed E-state index contributed by atoms with van der Waals surface area (Å²) in [7, 11) is 0. The van der Waals surface area contributed by atoms with Gasteiger partial charge in [-0.15, -0.1) is 0 Å². The first-order chi connectivity index (χ1) is 13.7. The summed E-state index contributed by atoms with van der Waals surface area (Å²) >= 11 is 6.15. The van der Waals surface area contributed by atoms with Gasteiger partial charge in [-0.05, 0) is 24.3 Å². The van der Waals surface area contributed by atoms with Crippen LogP contribution in [-0.4, -0.2) is 15.0 Å². The van der Waals surface area contributed by atoms with E-state index in [9.17, 15) is 4.39 Å². The van der Waals surface area contributed by atoms with Gasteiger partial charge >= 0.3 is 0 Å². The van der Waals surface area contributed by atoms with Crippen molar-refractivity contribution in [2.45, 2.75) is 19.6 Å². The summed E-state index contributed by atoms with van der Waals surface area (Å²) in [6.45, 7) is 1.23. The predicted octanol–water partition coefficient (Wildman–Crippen LogP) is 4.67. The van der Waals surface area contributed by atoms with Crippen LogP contribution in [0.15, 0.2) is 71.3 Å². The standard InChI is InChI=1S/C21H18ClFN4O/c22-18-9-4-10-19(23)17(18)14-27-25-20(13-24-12-16-8-5-11-28-16)21(26-27)15-6-2-1-3-7-15/h1-11,24H,12-14H2. The van der Waals surface area contributed by atoms with E-state index in [-0.39, 0.29) is 12.4 Å². The van der Waals surface area contributed by atoms with Crippen molar-refractivity contribution in [3.8, 4) is 11.3 Å². The summed E-state index contributed by atoms with van der Waals surface area (Å²) in [6, 6.07) is 18.2. The normalized spacial score (nSPS) is 11.1. The van der Waals surface area contributed by atoms with Gasteiger partial charge in [0.2, 0.25) is 0 Å². The molecule has 0 aliphatic heterocycles. The van der Waals surface area contributed by atoms with Crippen LogP contribution < -0.4 is 5.32 Å². The fourth-order valence-corrected chi connectivity index (χ4v) is 3.16. The molecule has 1 N–H and O–H groups in total. The molecule has 0 aliphatic rings. The zero-order valence-electron chi connectivity index (χ0n) is 15.0. The molecule has 0 aliphatic carbocycles. The van der Waals surface area contributed by atoms with Crippen molar-refractivity contribution < 1.29 is 8.81 Å². The van der Waals surface area contributed by atoms with Crippen molar-refractivity contribution in [1.82, 2.24) is 20.3 Å². The first-order valence-corrected chi connectivity index (χ1v) is 9.24. The van der Waals surface area contributed by atoms with Crippen LogP contribution >= 0.6 is 11.6 Å². The monoisotopic (exact) mass is 396 g/mol. The first kappa shape index (κ1) is 18.4. The molecule has 2 aromatic carbocycles. The topological polar surface area (TPSA) is 55.9 Å². The predicted molar refractivity (Wildman–Crippen MR) is 105 cm³/mol. The van der Waals surface area contributed by atoms with Gasteiger partial charge in [-0.3, -0.25) is 0 Å². The Hall–Kier alpha value is -2.96. The Labute approximate surface area is 166 Å². The maximum atomic E-state index is 14.2. The number of halogens is 2. The van der Waals surface area contributed by atoms with Gasteiger partial charge in [0.25, 0.3) is 0 Å². The van der Waals surface area contributed by atoms with Crippen LogP contribution in [0.5, 0.6) is 0 Å². The smallest absolute Gasteiger partial charge is 0.129 e. The van der Waals surface area contributed by atoms with Crippen molar-refractivity contribution in [3.05, 3.63) is 94.8 Å². The molecule has 28 heavy (non-hydrogen) atoms. The number of nitrogens with one attached hydrogen (secondary N) is 1. The summed E-state index contributed by atoms with van der Waals surface area (Å²) in [5.74, 6) is 0.468. The summed E-state index contributed by atoms with van der Waals surface area (Å²) in [5, 5.41) is 12.8. The summed E-state index contributed by atoms with van der Waals surface area (Å²) in [4.78, 5) is 1.48. The molecule has 4 rings (SSSR count). The number of benzene rings is 2. The van der Waals surface area contributed by atoms with E-state index in [0.29, 0.717) is 23.7 Å². The van der Waals surface area contributed by atoms with E-state index in [1.54, 1.807) is 18.4 Å². The molecule has 0 saturated heterocycles. The Morgan fingerprint density at radius 2 is 1.82 bits per heavy atom. The quantitative estimate of drug-likeness (QED) is 0.493. The molecule has 0 saturated carbocycles. The maximum absolute atomic E-state index is 14.2. The Kier molecular flexibility index (Phi) is 5.50. The molecule has 142 valence electrons. The second-order valence-corrected chi connectivity index (χ2v) is 6.68. The van der Waals surface area contributed by atoms with E-state index in [4.69, 9.17) is 16.0 Å². The van der Waals surface area contributed by atoms with E-state index in [0.717, 1.165) is 22.7 Å². The average Bonchev–Trinajstić information content (AvgIpc) is 3.36. The van der Waals surface area contributed by atoms with Crippen LogP contribution in [0.25, 0.3) is 11.3 Å². The van der Waals surface area contributed by atoms with E-state index in [1.165, 1.54) is 10.9 Å². The molecule has 5 nitrogen and oxygen atoms in total. The van der Waals surface area contributed by atoms with Gasteiger partial charge in [0.1, 0.15) is 23.0 Å². The number of rotatable bonds is 7. The molecule has 4 aromatic rings. The average molecular weight is 397 g/mol. The zero-order chi connectivity index (χ0) is 19.3. The number of hydrogen-bond acceptors (Lipinski definition) is 4. The minimum absolute atomic E-state index is 0.156. The molecule has 2 heterocycles. The van der Waals surface area contributed by atoms with Gasteiger partial charge in [0, 0.05) is 22.7 Å². The van der Waals surface area contributed by atoms with Crippen LogP contribution in [0.4, 0.5) is 4.39 Å². The Morgan fingerprint density at radius 1 is 0.964 bits per heavy atom. The molecule has 0 atom stereocenters. The minimum atomic E-state index is -0.372. The second kappa shape index (κ2) is 8.37. The third-order valence-corrected chi connectivity index (χ3v) is 4.66. The summed E-state index contributed by atoms with van der Waals surface area (Å²) < 4.78 is 19.5. The number of furan rings is 1. The van der Waals surface area contributed by atoms with E-state index in [1.807, 2.05) is 42.5 Å². The van der Waals surface area contributed by atoms with Gasteiger partial charge < -0.3 is 9.73 Å². The number of nitrogens with zero attached hydrogens (tertiary/aromatic N) is 3. The minimum Gasteiger partial charge on any atom is -0.468 e. The first-order valence-electron chi connectivity index (χ1n) is 8.86. The third kappa shape index (κ3) is 4.13. The summed E-state index contributed by atoms with van der Waals surface area (Å²) in [6.07, 6.45) is 1.64. The molecule has 0 fully saturated rings. The number of aromatic nitrogens is 3. The fourth-order valence-electron chi connectivity index (χ4n) is 2.93.